The minimum absolute atomic E-state index is 0.171. The van der Waals surface area contributed by atoms with Crippen molar-refractivity contribution in [3.8, 4) is 5.75 Å². The van der Waals surface area contributed by atoms with E-state index in [9.17, 15) is 9.59 Å². The second kappa shape index (κ2) is 15.4. The summed E-state index contributed by atoms with van der Waals surface area (Å²) in [5.41, 5.74) is 4.44. The molecule has 0 heterocycles. The largest absolute Gasteiger partial charge is 0.494 e. The summed E-state index contributed by atoms with van der Waals surface area (Å²) in [6.45, 7) is 7.03. The molecule has 0 aliphatic rings. The van der Waals surface area contributed by atoms with E-state index in [1.807, 2.05) is 67.6 Å². The van der Waals surface area contributed by atoms with E-state index in [4.69, 9.17) is 4.74 Å². The Hall–Kier alpha value is -3.86. The van der Waals surface area contributed by atoms with Crippen LogP contribution in [-0.2, 0) is 11.2 Å². The van der Waals surface area contributed by atoms with Crippen molar-refractivity contribution in [2.45, 2.75) is 65.7 Å². The van der Waals surface area contributed by atoms with Gasteiger partial charge >= 0.3 is 0 Å². The molecule has 3 rings (SSSR count). The van der Waals surface area contributed by atoms with E-state index in [0.717, 1.165) is 49.0 Å². The second-order valence-electron chi connectivity index (χ2n) is 9.61. The third kappa shape index (κ3) is 9.55. The van der Waals surface area contributed by atoms with Crippen molar-refractivity contribution in [2.24, 2.45) is 0 Å². The number of unbranched alkanes of at least 4 members (excludes halogenated alkanes) is 4. The number of aryl methyl sites for hydroxylation is 2. The van der Waals surface area contributed by atoms with Gasteiger partial charge in [0.25, 0.3) is 11.8 Å². The molecule has 0 aromatic heterocycles. The minimum Gasteiger partial charge on any atom is -0.494 e. The number of amides is 2. The fraction of sp³-hybridized carbons (Fsp3) is 0.333. The van der Waals surface area contributed by atoms with Gasteiger partial charge in [0, 0.05) is 11.3 Å². The van der Waals surface area contributed by atoms with Gasteiger partial charge in [-0.15, -0.1) is 0 Å². The van der Waals surface area contributed by atoms with E-state index in [1.165, 1.54) is 18.4 Å². The van der Waals surface area contributed by atoms with E-state index in [0.29, 0.717) is 17.9 Å². The lowest BCUT2D eigenvalue weighted by molar-refractivity contribution is -0.113. The SMILES string of the molecule is CCCCCCOc1ccc(NC(=O)/C(=C/c2ccc(C)cc2)NC(=O)c2ccc(CCCC)cc2)cc1. The maximum Gasteiger partial charge on any atom is 0.272 e. The molecule has 38 heavy (non-hydrogen) atoms. The number of carbonyl (C=O) groups is 2. The molecule has 0 aliphatic heterocycles. The zero-order chi connectivity index (χ0) is 27.2. The summed E-state index contributed by atoms with van der Waals surface area (Å²) in [4.78, 5) is 26.3. The summed E-state index contributed by atoms with van der Waals surface area (Å²) < 4.78 is 5.80. The molecule has 5 nitrogen and oxygen atoms in total. The van der Waals surface area contributed by atoms with Gasteiger partial charge in [0.15, 0.2) is 0 Å². The smallest absolute Gasteiger partial charge is 0.272 e. The average Bonchev–Trinajstić information content (AvgIpc) is 2.93. The van der Waals surface area contributed by atoms with Crippen LogP contribution in [-0.4, -0.2) is 18.4 Å². The summed E-state index contributed by atoms with van der Waals surface area (Å²) >= 11 is 0. The van der Waals surface area contributed by atoms with Crippen molar-refractivity contribution >= 4 is 23.6 Å². The van der Waals surface area contributed by atoms with Crippen LogP contribution in [0.5, 0.6) is 5.75 Å². The first-order valence-corrected chi connectivity index (χ1v) is 13.7. The number of carbonyl (C=O) groups excluding carboxylic acids is 2. The Labute approximate surface area is 227 Å². The summed E-state index contributed by atoms with van der Waals surface area (Å²) in [6, 6.07) is 22.6. The number of nitrogens with one attached hydrogen (secondary N) is 2. The molecule has 0 saturated carbocycles. The van der Waals surface area contributed by atoms with Gasteiger partial charge in [0.05, 0.1) is 6.61 Å². The van der Waals surface area contributed by atoms with Gasteiger partial charge in [0.2, 0.25) is 0 Å². The molecule has 3 aromatic carbocycles. The van der Waals surface area contributed by atoms with Crippen LogP contribution in [0.15, 0.2) is 78.5 Å². The zero-order valence-electron chi connectivity index (χ0n) is 22.9. The molecule has 2 N–H and O–H groups in total. The standard InChI is InChI=1S/C33H40N2O3/c1-4-6-8-9-23-38-30-21-19-29(20-22-30)34-33(37)31(24-27-13-11-25(3)12-14-27)35-32(36)28-17-15-26(16-18-28)10-7-5-2/h11-22,24H,4-10,23H2,1-3H3,(H,34,37)(H,35,36)/b31-24-. The van der Waals surface area contributed by atoms with E-state index in [-0.39, 0.29) is 11.6 Å². The average molecular weight is 513 g/mol. The van der Waals surface area contributed by atoms with Gasteiger partial charge in [-0.1, -0.05) is 81.5 Å². The number of anilines is 1. The Morgan fingerprint density at radius 3 is 2.13 bits per heavy atom. The van der Waals surface area contributed by atoms with Gasteiger partial charge in [0.1, 0.15) is 11.4 Å². The van der Waals surface area contributed by atoms with Crippen molar-refractivity contribution in [3.63, 3.8) is 0 Å². The van der Waals surface area contributed by atoms with Gasteiger partial charge in [-0.25, -0.2) is 0 Å². The topological polar surface area (TPSA) is 67.4 Å². The minimum atomic E-state index is -0.397. The van der Waals surface area contributed by atoms with Crippen molar-refractivity contribution in [1.29, 1.82) is 0 Å². The van der Waals surface area contributed by atoms with Crippen LogP contribution in [0, 0.1) is 6.92 Å². The third-order valence-electron chi connectivity index (χ3n) is 6.30. The maximum absolute atomic E-state index is 13.3. The molecular weight excluding hydrogens is 472 g/mol. The first kappa shape index (κ1) is 28.7. The second-order valence-corrected chi connectivity index (χ2v) is 9.61. The highest BCUT2D eigenvalue weighted by atomic mass is 16.5. The fourth-order valence-electron chi connectivity index (χ4n) is 3.94. The fourth-order valence-corrected chi connectivity index (χ4v) is 3.94. The Kier molecular flexibility index (Phi) is 11.6. The molecule has 0 fully saturated rings. The quantitative estimate of drug-likeness (QED) is 0.172. The molecule has 200 valence electrons. The van der Waals surface area contributed by atoms with Crippen LogP contribution in [0.3, 0.4) is 0 Å². The summed E-state index contributed by atoms with van der Waals surface area (Å²) in [5, 5.41) is 5.72. The molecule has 5 heteroatoms. The Balaban J connectivity index is 1.70. The lowest BCUT2D eigenvalue weighted by Gasteiger charge is -2.12. The number of hydrogen-bond acceptors (Lipinski definition) is 3. The molecule has 2 amide bonds. The maximum atomic E-state index is 13.3. The summed E-state index contributed by atoms with van der Waals surface area (Å²) in [7, 11) is 0. The number of ether oxygens (including phenoxy) is 1. The lowest BCUT2D eigenvalue weighted by Crippen LogP contribution is -2.30. The Morgan fingerprint density at radius 1 is 0.789 bits per heavy atom. The van der Waals surface area contributed by atoms with Crippen LogP contribution in [0.25, 0.3) is 6.08 Å². The normalized spacial score (nSPS) is 11.2. The molecule has 0 bridgehead atoms. The van der Waals surface area contributed by atoms with Gasteiger partial charge in [-0.2, -0.15) is 0 Å². The Bertz CT molecular complexity index is 1180. The molecule has 0 aliphatic carbocycles. The highest BCUT2D eigenvalue weighted by molar-refractivity contribution is 6.10. The predicted octanol–water partition coefficient (Wildman–Crippen LogP) is 7.71. The number of benzene rings is 3. The predicted molar refractivity (Wildman–Crippen MR) is 156 cm³/mol. The lowest BCUT2D eigenvalue weighted by atomic mass is 10.1. The molecule has 0 unspecified atom stereocenters. The van der Waals surface area contributed by atoms with E-state index in [2.05, 4.69) is 24.5 Å². The van der Waals surface area contributed by atoms with Crippen molar-refractivity contribution in [2.75, 3.05) is 11.9 Å². The zero-order valence-corrected chi connectivity index (χ0v) is 22.9. The van der Waals surface area contributed by atoms with Gasteiger partial charge < -0.3 is 15.4 Å². The van der Waals surface area contributed by atoms with Crippen LogP contribution in [0.2, 0.25) is 0 Å². The molecule has 0 radical (unpaired) electrons. The first-order chi connectivity index (χ1) is 18.5. The molecule has 0 saturated heterocycles. The Morgan fingerprint density at radius 2 is 1.47 bits per heavy atom. The van der Waals surface area contributed by atoms with Crippen LogP contribution >= 0.6 is 0 Å². The summed E-state index contributed by atoms with van der Waals surface area (Å²) in [6.07, 6.45) is 9.52. The van der Waals surface area contributed by atoms with Crippen molar-refractivity contribution in [3.05, 3.63) is 101 Å². The number of hydrogen-bond donors (Lipinski definition) is 2. The van der Waals surface area contributed by atoms with Crippen molar-refractivity contribution in [1.82, 2.24) is 5.32 Å². The van der Waals surface area contributed by atoms with Crippen molar-refractivity contribution < 1.29 is 14.3 Å². The highest BCUT2D eigenvalue weighted by Crippen LogP contribution is 2.18. The van der Waals surface area contributed by atoms with E-state index in [1.54, 1.807) is 18.2 Å². The van der Waals surface area contributed by atoms with Gasteiger partial charge in [-0.3, -0.25) is 9.59 Å². The third-order valence-corrected chi connectivity index (χ3v) is 6.30. The molecule has 0 spiro atoms. The van der Waals surface area contributed by atoms with Crippen LogP contribution in [0.1, 0.15) is 79.4 Å². The molecule has 3 aromatic rings. The first-order valence-electron chi connectivity index (χ1n) is 13.7. The van der Waals surface area contributed by atoms with Crippen LogP contribution < -0.4 is 15.4 Å². The molecular formula is C33H40N2O3. The van der Waals surface area contributed by atoms with E-state index >= 15 is 0 Å². The van der Waals surface area contributed by atoms with Crippen LogP contribution in [0.4, 0.5) is 5.69 Å². The van der Waals surface area contributed by atoms with E-state index < -0.39 is 5.91 Å². The van der Waals surface area contributed by atoms with Gasteiger partial charge in [-0.05, 0) is 79.8 Å². The summed E-state index contributed by atoms with van der Waals surface area (Å²) in [5.74, 6) is 0.0460. The number of rotatable bonds is 14. The highest BCUT2D eigenvalue weighted by Gasteiger charge is 2.15. The monoisotopic (exact) mass is 512 g/mol. The molecule has 0 atom stereocenters.